The molecule has 2 aromatic carbocycles. The van der Waals surface area contributed by atoms with Crippen molar-refractivity contribution in [2.24, 2.45) is 0 Å². The van der Waals surface area contributed by atoms with Crippen LogP contribution in [0.25, 0.3) is 11.3 Å². The monoisotopic (exact) mass is 431 g/mol. The molecule has 0 unspecified atom stereocenters. The van der Waals surface area contributed by atoms with Crippen LogP contribution in [0.1, 0.15) is 34.6 Å². The minimum Gasteiger partial charge on any atom is -0.493 e. The standard InChI is InChI=1S/C24H25N5O3/c1-29(24(30)19-13-11-18(12-14-19)21-9-6-16-32-21)17-20-7-2-3-8-22(20)31-15-5-4-10-23-25-27-28-26-23/h2-3,6-9,11-14,16H,4-5,10,15,17H2,1H3,(H,25,26,27,28). The van der Waals surface area contributed by atoms with Crippen LogP contribution in [0.3, 0.4) is 0 Å². The first kappa shape index (κ1) is 21.3. The summed E-state index contributed by atoms with van der Waals surface area (Å²) >= 11 is 0. The number of benzene rings is 2. The smallest absolute Gasteiger partial charge is 0.253 e. The number of nitrogens with zero attached hydrogens (tertiary/aromatic N) is 4. The fourth-order valence-electron chi connectivity index (χ4n) is 3.40. The van der Waals surface area contributed by atoms with Crippen molar-refractivity contribution in [3.63, 3.8) is 0 Å². The van der Waals surface area contributed by atoms with Gasteiger partial charge in [0, 0.05) is 36.7 Å². The van der Waals surface area contributed by atoms with Gasteiger partial charge in [0.25, 0.3) is 5.91 Å². The molecule has 0 spiro atoms. The van der Waals surface area contributed by atoms with E-state index in [2.05, 4.69) is 20.6 Å². The number of hydrogen-bond acceptors (Lipinski definition) is 6. The summed E-state index contributed by atoms with van der Waals surface area (Å²) in [5.41, 5.74) is 2.53. The number of furan rings is 1. The fourth-order valence-corrected chi connectivity index (χ4v) is 3.40. The molecule has 8 heteroatoms. The average molecular weight is 431 g/mol. The zero-order chi connectivity index (χ0) is 22.2. The van der Waals surface area contributed by atoms with E-state index in [1.54, 1.807) is 18.2 Å². The van der Waals surface area contributed by atoms with Gasteiger partial charge in [-0.1, -0.05) is 35.5 Å². The minimum absolute atomic E-state index is 0.0501. The predicted octanol–water partition coefficient (Wildman–Crippen LogP) is 4.13. The van der Waals surface area contributed by atoms with Crippen LogP contribution >= 0.6 is 0 Å². The highest BCUT2D eigenvalue weighted by Crippen LogP contribution is 2.23. The van der Waals surface area contributed by atoms with Gasteiger partial charge in [0.1, 0.15) is 11.5 Å². The number of rotatable bonds is 10. The SMILES string of the molecule is CN(Cc1ccccc1OCCCCc1nn[nH]n1)C(=O)c1ccc(-c2ccco2)cc1. The molecular formula is C24H25N5O3. The molecule has 2 heterocycles. The largest absolute Gasteiger partial charge is 0.493 e. The Bertz CT molecular complexity index is 1110. The molecule has 0 saturated carbocycles. The normalized spacial score (nSPS) is 10.8. The van der Waals surface area contributed by atoms with Gasteiger partial charge in [-0.3, -0.25) is 4.79 Å². The van der Waals surface area contributed by atoms with Gasteiger partial charge in [-0.15, -0.1) is 10.2 Å². The maximum Gasteiger partial charge on any atom is 0.253 e. The van der Waals surface area contributed by atoms with Gasteiger partial charge in [-0.05, 0) is 43.2 Å². The van der Waals surface area contributed by atoms with Crippen molar-refractivity contribution >= 4 is 5.91 Å². The number of H-pyrrole nitrogens is 1. The number of aromatic amines is 1. The molecule has 2 aromatic heterocycles. The Morgan fingerprint density at radius 3 is 2.66 bits per heavy atom. The number of carbonyl (C=O) groups is 1. The third-order valence-corrected chi connectivity index (χ3v) is 5.11. The molecule has 1 N–H and O–H groups in total. The quantitative estimate of drug-likeness (QED) is 0.379. The van der Waals surface area contributed by atoms with Crippen LogP contribution in [0.5, 0.6) is 5.75 Å². The van der Waals surface area contributed by atoms with E-state index in [1.165, 1.54) is 0 Å². The lowest BCUT2D eigenvalue weighted by atomic mass is 10.1. The highest BCUT2D eigenvalue weighted by Gasteiger charge is 2.15. The van der Waals surface area contributed by atoms with E-state index in [9.17, 15) is 4.79 Å². The summed E-state index contributed by atoms with van der Waals surface area (Å²) in [6.07, 6.45) is 4.18. The number of amides is 1. The Balaban J connectivity index is 1.31. The molecule has 0 aliphatic carbocycles. The van der Waals surface area contributed by atoms with E-state index in [1.807, 2.05) is 60.7 Å². The molecule has 0 bridgehead atoms. The van der Waals surface area contributed by atoms with Crippen LogP contribution in [0, 0.1) is 0 Å². The highest BCUT2D eigenvalue weighted by atomic mass is 16.5. The van der Waals surface area contributed by atoms with Gasteiger partial charge < -0.3 is 14.1 Å². The number of hydrogen-bond donors (Lipinski definition) is 1. The minimum atomic E-state index is -0.0501. The number of ether oxygens (including phenoxy) is 1. The van der Waals surface area contributed by atoms with E-state index < -0.39 is 0 Å². The third kappa shape index (κ3) is 5.40. The van der Waals surface area contributed by atoms with Crippen molar-refractivity contribution in [3.8, 4) is 17.1 Å². The zero-order valence-electron chi connectivity index (χ0n) is 17.9. The van der Waals surface area contributed by atoms with Gasteiger partial charge in [-0.2, -0.15) is 5.21 Å². The van der Waals surface area contributed by atoms with Gasteiger partial charge in [0.05, 0.1) is 12.9 Å². The Morgan fingerprint density at radius 2 is 1.91 bits per heavy atom. The first-order valence-electron chi connectivity index (χ1n) is 10.5. The lowest BCUT2D eigenvalue weighted by Gasteiger charge is -2.19. The summed E-state index contributed by atoms with van der Waals surface area (Å²) in [6.45, 7) is 1.04. The molecule has 4 rings (SSSR count). The second kappa shape index (κ2) is 10.4. The molecule has 8 nitrogen and oxygen atoms in total. The highest BCUT2D eigenvalue weighted by molar-refractivity contribution is 5.94. The van der Waals surface area contributed by atoms with Gasteiger partial charge in [-0.25, -0.2) is 0 Å². The predicted molar refractivity (Wildman–Crippen MR) is 119 cm³/mol. The molecule has 164 valence electrons. The Kier molecular flexibility index (Phi) is 6.91. The van der Waals surface area contributed by atoms with Crippen LogP contribution in [0.2, 0.25) is 0 Å². The molecule has 4 aromatic rings. The maximum absolute atomic E-state index is 12.9. The van der Waals surface area contributed by atoms with E-state index in [0.717, 1.165) is 41.9 Å². The first-order valence-corrected chi connectivity index (χ1v) is 10.5. The number of carbonyl (C=O) groups excluding carboxylic acids is 1. The summed E-state index contributed by atoms with van der Waals surface area (Å²) in [4.78, 5) is 14.6. The summed E-state index contributed by atoms with van der Waals surface area (Å²) < 4.78 is 11.4. The van der Waals surface area contributed by atoms with Gasteiger partial charge >= 0.3 is 0 Å². The van der Waals surface area contributed by atoms with Crippen molar-refractivity contribution in [3.05, 3.63) is 83.9 Å². The van der Waals surface area contributed by atoms with E-state index in [-0.39, 0.29) is 5.91 Å². The second-order valence-electron chi connectivity index (χ2n) is 7.46. The molecule has 0 radical (unpaired) electrons. The molecule has 1 amide bonds. The van der Waals surface area contributed by atoms with E-state index >= 15 is 0 Å². The number of aromatic nitrogens is 4. The molecule has 32 heavy (non-hydrogen) atoms. The fraction of sp³-hybridized carbons (Fsp3) is 0.250. The maximum atomic E-state index is 12.9. The third-order valence-electron chi connectivity index (χ3n) is 5.11. The van der Waals surface area contributed by atoms with Crippen molar-refractivity contribution in [1.82, 2.24) is 25.5 Å². The van der Waals surface area contributed by atoms with E-state index in [0.29, 0.717) is 24.5 Å². The number of nitrogens with one attached hydrogen (secondary N) is 1. The molecule has 0 fully saturated rings. The topological polar surface area (TPSA) is 97.1 Å². The molecule has 0 atom stereocenters. The molecule has 0 aliphatic heterocycles. The first-order chi connectivity index (χ1) is 15.7. The van der Waals surface area contributed by atoms with Crippen LogP contribution in [-0.4, -0.2) is 45.1 Å². The van der Waals surface area contributed by atoms with Crippen molar-refractivity contribution in [1.29, 1.82) is 0 Å². The molecular weight excluding hydrogens is 406 g/mol. The molecule has 0 aliphatic rings. The van der Waals surface area contributed by atoms with Crippen LogP contribution in [0.4, 0.5) is 0 Å². The van der Waals surface area contributed by atoms with Crippen molar-refractivity contribution < 1.29 is 13.9 Å². The van der Waals surface area contributed by atoms with Gasteiger partial charge in [0.15, 0.2) is 5.82 Å². The number of aryl methyl sites for hydroxylation is 1. The Hall–Kier alpha value is -3.94. The van der Waals surface area contributed by atoms with Crippen LogP contribution in [-0.2, 0) is 13.0 Å². The molecule has 0 saturated heterocycles. The van der Waals surface area contributed by atoms with Gasteiger partial charge in [0.2, 0.25) is 0 Å². The summed E-state index contributed by atoms with van der Waals surface area (Å²) in [5, 5.41) is 13.9. The summed E-state index contributed by atoms with van der Waals surface area (Å²) in [5.74, 6) is 2.23. The Labute approximate surface area is 186 Å². The number of tetrazole rings is 1. The summed E-state index contributed by atoms with van der Waals surface area (Å²) in [6, 6.07) is 19.0. The number of para-hydroxylation sites is 1. The Morgan fingerprint density at radius 1 is 1.06 bits per heavy atom. The van der Waals surface area contributed by atoms with Crippen molar-refractivity contribution in [2.45, 2.75) is 25.8 Å². The lowest BCUT2D eigenvalue weighted by Crippen LogP contribution is -2.26. The lowest BCUT2D eigenvalue weighted by molar-refractivity contribution is 0.0784. The average Bonchev–Trinajstić information content (AvgIpc) is 3.54. The zero-order valence-corrected chi connectivity index (χ0v) is 17.9. The van der Waals surface area contributed by atoms with Crippen LogP contribution < -0.4 is 4.74 Å². The van der Waals surface area contributed by atoms with Crippen LogP contribution in [0.15, 0.2) is 71.3 Å². The summed E-state index contributed by atoms with van der Waals surface area (Å²) in [7, 11) is 1.80. The number of unbranched alkanes of at least 4 members (excludes halogenated alkanes) is 1. The van der Waals surface area contributed by atoms with E-state index in [4.69, 9.17) is 9.15 Å². The second-order valence-corrected chi connectivity index (χ2v) is 7.46. The van der Waals surface area contributed by atoms with Crippen molar-refractivity contribution in [2.75, 3.05) is 13.7 Å².